The third kappa shape index (κ3) is 6.44. The predicted octanol–water partition coefficient (Wildman–Crippen LogP) is 4.66. The summed E-state index contributed by atoms with van der Waals surface area (Å²) in [5.74, 6) is 2.92. The largest absolute Gasteiger partial charge is 0.494 e. The van der Waals surface area contributed by atoms with Crippen molar-refractivity contribution in [1.29, 1.82) is 0 Å². The van der Waals surface area contributed by atoms with Gasteiger partial charge < -0.3 is 4.74 Å². The summed E-state index contributed by atoms with van der Waals surface area (Å²) in [7, 11) is 0. The number of nitrogens with one attached hydrogen (secondary N) is 2. The monoisotopic (exact) mass is 430 g/mol. The second kappa shape index (κ2) is 10.6. The number of amides is 2. The van der Waals surface area contributed by atoms with E-state index in [0.717, 1.165) is 23.7 Å². The molecule has 0 unspecified atom stereocenters. The van der Waals surface area contributed by atoms with Gasteiger partial charge in [0.15, 0.2) is 0 Å². The summed E-state index contributed by atoms with van der Waals surface area (Å²) in [6, 6.07) is 14.4. The zero-order valence-corrected chi connectivity index (χ0v) is 18.3. The SMILES string of the molecule is CC(C)CCOc1ccc(C(=O)NNC(=O)c2ccc(C3SCCS3)cc2)cc1. The molecule has 1 fully saturated rings. The summed E-state index contributed by atoms with van der Waals surface area (Å²) in [6.07, 6.45) is 0.980. The Morgan fingerprint density at radius 2 is 1.45 bits per heavy atom. The molecule has 0 aliphatic carbocycles. The summed E-state index contributed by atoms with van der Waals surface area (Å²) >= 11 is 3.85. The molecule has 154 valence electrons. The Labute approximate surface area is 180 Å². The van der Waals surface area contributed by atoms with Gasteiger partial charge in [-0.1, -0.05) is 26.0 Å². The molecule has 5 nitrogen and oxygen atoms in total. The van der Waals surface area contributed by atoms with Crippen LogP contribution in [0.4, 0.5) is 0 Å². The first-order chi connectivity index (χ1) is 14.0. The average Bonchev–Trinajstić information content (AvgIpc) is 3.27. The molecular formula is C22H26N2O3S2. The number of thioether (sulfide) groups is 2. The standard InChI is InChI=1S/C22H26N2O3S2/c1-15(2)11-12-27-19-9-7-17(8-10-19)21(26)24-23-20(25)16-3-5-18(6-4-16)22-28-13-14-29-22/h3-10,15,22H,11-14H2,1-2H3,(H,23,25)(H,24,26). The van der Waals surface area contributed by atoms with Crippen molar-refractivity contribution < 1.29 is 14.3 Å². The highest BCUT2D eigenvalue weighted by Crippen LogP contribution is 2.45. The molecule has 2 aromatic carbocycles. The zero-order chi connectivity index (χ0) is 20.6. The molecule has 2 aromatic rings. The van der Waals surface area contributed by atoms with Crippen LogP contribution in [0.25, 0.3) is 0 Å². The van der Waals surface area contributed by atoms with Gasteiger partial charge in [0.25, 0.3) is 11.8 Å². The van der Waals surface area contributed by atoms with Crippen LogP contribution in [0.3, 0.4) is 0 Å². The van der Waals surface area contributed by atoms with Crippen LogP contribution in [0.2, 0.25) is 0 Å². The van der Waals surface area contributed by atoms with Gasteiger partial charge in [-0.05, 0) is 54.3 Å². The van der Waals surface area contributed by atoms with Gasteiger partial charge in [-0.25, -0.2) is 0 Å². The molecule has 3 rings (SSSR count). The third-order valence-corrected chi connectivity index (χ3v) is 7.54. The summed E-state index contributed by atoms with van der Waals surface area (Å²) in [4.78, 5) is 24.5. The molecule has 0 aromatic heterocycles. The minimum absolute atomic E-state index is 0.342. The number of hydrogen-bond acceptors (Lipinski definition) is 5. The summed E-state index contributed by atoms with van der Waals surface area (Å²) in [5.41, 5.74) is 7.10. The normalized spacial score (nSPS) is 14.0. The molecule has 0 radical (unpaired) electrons. The number of carbonyl (C=O) groups excluding carboxylic acids is 2. The van der Waals surface area contributed by atoms with Crippen LogP contribution in [0.5, 0.6) is 5.75 Å². The molecule has 1 aliphatic rings. The number of benzene rings is 2. The van der Waals surface area contributed by atoms with Gasteiger partial charge in [-0.2, -0.15) is 0 Å². The van der Waals surface area contributed by atoms with Crippen molar-refractivity contribution in [3.05, 3.63) is 65.2 Å². The van der Waals surface area contributed by atoms with E-state index in [-0.39, 0.29) is 11.8 Å². The fourth-order valence-electron chi connectivity index (χ4n) is 2.72. The van der Waals surface area contributed by atoms with Crippen molar-refractivity contribution in [3.8, 4) is 5.75 Å². The summed E-state index contributed by atoms with van der Waals surface area (Å²) in [5, 5.41) is 0. The molecule has 0 spiro atoms. The first-order valence-electron chi connectivity index (χ1n) is 9.69. The van der Waals surface area contributed by atoms with Crippen LogP contribution in [0.15, 0.2) is 48.5 Å². The highest BCUT2D eigenvalue weighted by molar-refractivity contribution is 8.19. The summed E-state index contributed by atoms with van der Waals surface area (Å²) < 4.78 is 6.10. The molecule has 1 aliphatic heterocycles. The van der Waals surface area contributed by atoms with E-state index >= 15 is 0 Å². The Hall–Kier alpha value is -2.12. The van der Waals surface area contributed by atoms with E-state index in [4.69, 9.17) is 4.74 Å². The van der Waals surface area contributed by atoms with Crippen LogP contribution in [0, 0.1) is 5.92 Å². The van der Waals surface area contributed by atoms with Gasteiger partial charge in [0, 0.05) is 22.6 Å². The maximum atomic E-state index is 12.3. The highest BCUT2D eigenvalue weighted by Gasteiger charge is 2.18. The smallest absolute Gasteiger partial charge is 0.269 e. The zero-order valence-electron chi connectivity index (χ0n) is 16.6. The Morgan fingerprint density at radius 1 is 0.931 bits per heavy atom. The van der Waals surface area contributed by atoms with Crippen molar-refractivity contribution in [2.45, 2.75) is 24.9 Å². The average molecular weight is 431 g/mol. The van der Waals surface area contributed by atoms with Gasteiger partial charge in [-0.15, -0.1) is 23.5 Å². The maximum Gasteiger partial charge on any atom is 0.269 e. The number of rotatable bonds is 7. The third-order valence-electron chi connectivity index (χ3n) is 4.44. The van der Waals surface area contributed by atoms with Crippen molar-refractivity contribution in [2.75, 3.05) is 18.1 Å². The molecule has 2 N–H and O–H groups in total. The second-order valence-electron chi connectivity index (χ2n) is 7.16. The number of hydrazine groups is 1. The fraction of sp³-hybridized carbons (Fsp3) is 0.364. The lowest BCUT2D eigenvalue weighted by atomic mass is 10.1. The number of hydrogen-bond donors (Lipinski definition) is 2. The summed E-state index contributed by atoms with van der Waals surface area (Å²) in [6.45, 7) is 4.94. The quantitative estimate of drug-likeness (QED) is 0.625. The Balaban J connectivity index is 1.47. The van der Waals surface area contributed by atoms with E-state index in [2.05, 4.69) is 24.7 Å². The fourth-order valence-corrected chi connectivity index (χ4v) is 5.57. The van der Waals surface area contributed by atoms with E-state index in [1.54, 1.807) is 36.4 Å². The lowest BCUT2D eigenvalue weighted by molar-refractivity contribution is 0.0846. The predicted molar refractivity (Wildman–Crippen MR) is 120 cm³/mol. The first kappa shape index (κ1) is 21.6. The van der Waals surface area contributed by atoms with E-state index in [9.17, 15) is 9.59 Å². The van der Waals surface area contributed by atoms with Crippen LogP contribution in [0.1, 0.15) is 51.1 Å². The lowest BCUT2D eigenvalue weighted by Crippen LogP contribution is -2.41. The lowest BCUT2D eigenvalue weighted by Gasteiger charge is -2.11. The molecule has 1 saturated heterocycles. The topological polar surface area (TPSA) is 67.4 Å². The molecular weight excluding hydrogens is 404 g/mol. The van der Waals surface area contributed by atoms with Gasteiger partial charge in [0.05, 0.1) is 11.2 Å². The van der Waals surface area contributed by atoms with Gasteiger partial charge in [0.2, 0.25) is 0 Å². The van der Waals surface area contributed by atoms with Gasteiger partial charge >= 0.3 is 0 Å². The minimum atomic E-state index is -0.373. The molecule has 0 atom stereocenters. The minimum Gasteiger partial charge on any atom is -0.494 e. The van der Waals surface area contributed by atoms with E-state index in [1.807, 2.05) is 35.7 Å². The molecule has 0 bridgehead atoms. The van der Waals surface area contributed by atoms with Crippen molar-refractivity contribution >= 4 is 35.3 Å². The van der Waals surface area contributed by atoms with E-state index in [0.29, 0.717) is 28.2 Å². The second-order valence-corrected chi connectivity index (χ2v) is 9.88. The Morgan fingerprint density at radius 3 is 1.97 bits per heavy atom. The van der Waals surface area contributed by atoms with E-state index in [1.165, 1.54) is 5.56 Å². The van der Waals surface area contributed by atoms with Gasteiger partial charge in [0.1, 0.15) is 5.75 Å². The van der Waals surface area contributed by atoms with Crippen LogP contribution >= 0.6 is 23.5 Å². The van der Waals surface area contributed by atoms with Gasteiger partial charge in [-0.3, -0.25) is 20.4 Å². The highest BCUT2D eigenvalue weighted by atomic mass is 32.2. The molecule has 1 heterocycles. The van der Waals surface area contributed by atoms with E-state index < -0.39 is 0 Å². The number of ether oxygens (including phenoxy) is 1. The molecule has 29 heavy (non-hydrogen) atoms. The molecule has 7 heteroatoms. The molecule has 0 saturated carbocycles. The number of carbonyl (C=O) groups is 2. The van der Waals surface area contributed by atoms with Crippen molar-refractivity contribution in [2.24, 2.45) is 5.92 Å². The van der Waals surface area contributed by atoms with Crippen molar-refractivity contribution in [3.63, 3.8) is 0 Å². The Bertz CT molecular complexity index is 817. The van der Waals surface area contributed by atoms with Crippen LogP contribution in [-0.2, 0) is 0 Å². The van der Waals surface area contributed by atoms with Crippen molar-refractivity contribution in [1.82, 2.24) is 10.9 Å². The first-order valence-corrected chi connectivity index (χ1v) is 11.8. The maximum absolute atomic E-state index is 12.3. The van der Waals surface area contributed by atoms with Crippen LogP contribution < -0.4 is 15.6 Å². The Kier molecular flexibility index (Phi) is 7.89. The molecule has 2 amide bonds. The van der Waals surface area contributed by atoms with Crippen LogP contribution in [-0.4, -0.2) is 29.9 Å².